The summed E-state index contributed by atoms with van der Waals surface area (Å²) in [6.07, 6.45) is 1.97. The minimum absolute atomic E-state index is 0.151. The van der Waals surface area contributed by atoms with E-state index in [0.717, 1.165) is 25.5 Å². The molecule has 1 aromatic heterocycles. The molecule has 1 aliphatic rings. The summed E-state index contributed by atoms with van der Waals surface area (Å²) in [6, 6.07) is 10.9. The van der Waals surface area contributed by atoms with Crippen LogP contribution in [0.25, 0.3) is 0 Å². The van der Waals surface area contributed by atoms with Gasteiger partial charge in [0.1, 0.15) is 5.82 Å². The highest BCUT2D eigenvalue weighted by molar-refractivity contribution is 5.40. The Balaban J connectivity index is 1.65. The highest BCUT2D eigenvalue weighted by Gasteiger charge is 2.13. The van der Waals surface area contributed by atoms with Crippen LogP contribution in [-0.2, 0) is 25.0 Å². The predicted molar refractivity (Wildman–Crippen MR) is 87.2 cm³/mol. The van der Waals surface area contributed by atoms with Crippen molar-refractivity contribution >= 4 is 5.82 Å². The summed E-state index contributed by atoms with van der Waals surface area (Å²) in [4.78, 5) is 4.51. The lowest BCUT2D eigenvalue weighted by Crippen LogP contribution is -2.11. The van der Waals surface area contributed by atoms with Crippen LogP contribution in [0.3, 0.4) is 0 Å². The maximum Gasteiger partial charge on any atom is 0.126 e. The molecule has 3 rings (SSSR count). The highest BCUT2D eigenvalue weighted by Crippen LogP contribution is 2.22. The Morgan fingerprint density at radius 2 is 1.90 bits per heavy atom. The first-order valence-electron chi connectivity index (χ1n) is 7.54. The minimum atomic E-state index is 0.151. The number of rotatable bonds is 3. The van der Waals surface area contributed by atoms with Gasteiger partial charge in [0.15, 0.2) is 0 Å². The second-order valence-electron chi connectivity index (χ2n) is 6.74. The zero-order chi connectivity index (χ0) is 14.9. The second kappa shape index (κ2) is 5.49. The molecular formula is C18H23N3. The van der Waals surface area contributed by atoms with Crippen molar-refractivity contribution in [1.82, 2.24) is 10.3 Å². The van der Waals surface area contributed by atoms with Gasteiger partial charge in [0.25, 0.3) is 0 Å². The third kappa shape index (κ3) is 3.24. The molecule has 0 radical (unpaired) electrons. The van der Waals surface area contributed by atoms with Crippen LogP contribution in [0.4, 0.5) is 5.82 Å². The van der Waals surface area contributed by atoms with Crippen LogP contribution >= 0.6 is 0 Å². The summed E-state index contributed by atoms with van der Waals surface area (Å²) >= 11 is 0. The molecule has 3 nitrogen and oxygen atoms in total. The van der Waals surface area contributed by atoms with Gasteiger partial charge in [-0.05, 0) is 33.7 Å². The smallest absolute Gasteiger partial charge is 0.126 e. The lowest BCUT2D eigenvalue weighted by molar-refractivity contribution is 0.587. The summed E-state index contributed by atoms with van der Waals surface area (Å²) in [7, 11) is 0. The molecule has 2 N–H and O–H groups in total. The summed E-state index contributed by atoms with van der Waals surface area (Å²) in [6.45, 7) is 9.41. The predicted octanol–water partition coefficient (Wildman–Crippen LogP) is 3.59. The van der Waals surface area contributed by atoms with Crippen LogP contribution in [0.2, 0.25) is 0 Å². The zero-order valence-corrected chi connectivity index (χ0v) is 13.0. The fraction of sp³-hybridized carbons (Fsp3) is 0.389. The average Bonchev–Trinajstić information content (AvgIpc) is 2.92. The molecule has 3 heteroatoms. The fourth-order valence-electron chi connectivity index (χ4n) is 2.59. The fourth-order valence-corrected chi connectivity index (χ4v) is 2.59. The molecule has 0 aliphatic carbocycles. The van der Waals surface area contributed by atoms with Gasteiger partial charge in [-0.25, -0.2) is 4.98 Å². The van der Waals surface area contributed by atoms with Crippen LogP contribution in [0.5, 0.6) is 0 Å². The molecule has 1 aromatic carbocycles. The molecule has 0 fully saturated rings. The van der Waals surface area contributed by atoms with E-state index in [-0.39, 0.29) is 5.41 Å². The number of fused-ring (bicyclic) bond motifs is 1. The molecule has 21 heavy (non-hydrogen) atoms. The van der Waals surface area contributed by atoms with Gasteiger partial charge in [0, 0.05) is 25.8 Å². The normalized spacial score (nSPS) is 14.0. The number of hydrogen-bond acceptors (Lipinski definition) is 3. The van der Waals surface area contributed by atoms with Gasteiger partial charge >= 0.3 is 0 Å². The lowest BCUT2D eigenvalue weighted by atomic mass is 9.88. The standard InChI is InChI=1S/C18H23N3/c1-18(2,3)16-6-7-17(21-12-16)20-9-13-4-5-14-10-19-11-15(14)8-13/h4-8,12,19H,9-11H2,1-3H3,(H,20,21). The topological polar surface area (TPSA) is 37.0 Å². The van der Waals surface area contributed by atoms with Crippen molar-refractivity contribution in [3.8, 4) is 0 Å². The average molecular weight is 281 g/mol. The van der Waals surface area contributed by atoms with E-state index >= 15 is 0 Å². The summed E-state index contributed by atoms with van der Waals surface area (Å²) < 4.78 is 0. The first-order chi connectivity index (χ1) is 10.0. The van der Waals surface area contributed by atoms with Crippen molar-refractivity contribution in [2.45, 2.75) is 45.8 Å². The van der Waals surface area contributed by atoms with Crippen molar-refractivity contribution < 1.29 is 0 Å². The molecule has 0 saturated carbocycles. The van der Waals surface area contributed by atoms with Crippen LogP contribution in [0, 0.1) is 0 Å². The number of pyridine rings is 1. The molecular weight excluding hydrogens is 258 g/mol. The molecule has 1 aliphatic heterocycles. The zero-order valence-electron chi connectivity index (χ0n) is 13.0. The Kier molecular flexibility index (Phi) is 3.68. The maximum atomic E-state index is 4.51. The van der Waals surface area contributed by atoms with E-state index in [2.05, 4.69) is 66.7 Å². The molecule has 0 spiro atoms. The van der Waals surface area contributed by atoms with Crippen LogP contribution in [-0.4, -0.2) is 4.98 Å². The van der Waals surface area contributed by atoms with Gasteiger partial charge in [-0.1, -0.05) is 45.0 Å². The number of anilines is 1. The van der Waals surface area contributed by atoms with Crippen molar-refractivity contribution in [2.24, 2.45) is 0 Å². The summed E-state index contributed by atoms with van der Waals surface area (Å²) in [5.41, 5.74) is 5.56. The Bertz CT molecular complexity index is 624. The number of benzene rings is 1. The van der Waals surface area contributed by atoms with Crippen molar-refractivity contribution in [3.63, 3.8) is 0 Å². The third-order valence-electron chi connectivity index (χ3n) is 4.00. The Hall–Kier alpha value is -1.87. The van der Waals surface area contributed by atoms with Gasteiger partial charge in [-0.15, -0.1) is 0 Å². The van der Waals surface area contributed by atoms with E-state index in [1.807, 2.05) is 6.20 Å². The number of nitrogens with one attached hydrogen (secondary N) is 2. The molecule has 0 atom stereocenters. The summed E-state index contributed by atoms with van der Waals surface area (Å²) in [5, 5.41) is 6.78. The quantitative estimate of drug-likeness (QED) is 0.902. The van der Waals surface area contributed by atoms with Gasteiger partial charge in [0.05, 0.1) is 0 Å². The molecule has 0 amide bonds. The van der Waals surface area contributed by atoms with E-state index in [9.17, 15) is 0 Å². The van der Waals surface area contributed by atoms with Crippen molar-refractivity contribution in [1.29, 1.82) is 0 Å². The van der Waals surface area contributed by atoms with Gasteiger partial charge < -0.3 is 10.6 Å². The summed E-state index contributed by atoms with van der Waals surface area (Å²) in [5.74, 6) is 0.932. The molecule has 110 valence electrons. The van der Waals surface area contributed by atoms with E-state index in [4.69, 9.17) is 0 Å². The monoisotopic (exact) mass is 281 g/mol. The lowest BCUT2D eigenvalue weighted by Gasteiger charge is -2.18. The maximum absolute atomic E-state index is 4.51. The van der Waals surface area contributed by atoms with E-state index < -0.39 is 0 Å². The van der Waals surface area contributed by atoms with Crippen LogP contribution in [0.15, 0.2) is 36.5 Å². The molecule has 0 bridgehead atoms. The number of hydrogen-bond donors (Lipinski definition) is 2. The molecule has 0 unspecified atom stereocenters. The first kappa shape index (κ1) is 14.1. The number of nitrogens with zero attached hydrogens (tertiary/aromatic N) is 1. The van der Waals surface area contributed by atoms with Crippen molar-refractivity contribution in [3.05, 3.63) is 58.8 Å². The van der Waals surface area contributed by atoms with E-state index in [1.165, 1.54) is 22.3 Å². The van der Waals surface area contributed by atoms with E-state index in [0.29, 0.717) is 0 Å². The SMILES string of the molecule is CC(C)(C)c1ccc(NCc2ccc3c(c2)CNC3)nc1. The second-order valence-corrected chi connectivity index (χ2v) is 6.74. The van der Waals surface area contributed by atoms with Crippen LogP contribution < -0.4 is 10.6 Å². The Labute approximate surface area is 126 Å². The van der Waals surface area contributed by atoms with Crippen LogP contribution in [0.1, 0.15) is 43.0 Å². The third-order valence-corrected chi connectivity index (χ3v) is 4.00. The molecule has 0 saturated heterocycles. The Morgan fingerprint density at radius 1 is 1.10 bits per heavy atom. The van der Waals surface area contributed by atoms with Crippen molar-refractivity contribution in [2.75, 3.05) is 5.32 Å². The largest absolute Gasteiger partial charge is 0.366 e. The van der Waals surface area contributed by atoms with Gasteiger partial charge in [-0.2, -0.15) is 0 Å². The minimum Gasteiger partial charge on any atom is -0.366 e. The molecule has 2 aromatic rings. The first-order valence-corrected chi connectivity index (χ1v) is 7.54. The van der Waals surface area contributed by atoms with Gasteiger partial charge in [0.2, 0.25) is 0 Å². The van der Waals surface area contributed by atoms with Gasteiger partial charge in [-0.3, -0.25) is 0 Å². The number of aromatic nitrogens is 1. The molecule has 2 heterocycles. The van der Waals surface area contributed by atoms with E-state index in [1.54, 1.807) is 0 Å². The highest BCUT2D eigenvalue weighted by atomic mass is 15.0. The Morgan fingerprint density at radius 3 is 2.62 bits per heavy atom.